The molecule has 0 aromatic carbocycles. The smallest absolute Gasteiger partial charge is 0.165 e. The Bertz CT molecular complexity index is 340. The Hall–Kier alpha value is -1.45. The van der Waals surface area contributed by atoms with Crippen molar-refractivity contribution in [3.05, 3.63) is 24.5 Å². The van der Waals surface area contributed by atoms with E-state index in [0.717, 1.165) is 12.8 Å². The van der Waals surface area contributed by atoms with Crippen molar-refractivity contribution in [2.24, 2.45) is 16.8 Å². The maximum atomic E-state index is 8.80. The van der Waals surface area contributed by atoms with Crippen molar-refractivity contribution in [3.8, 4) is 0 Å². The maximum absolute atomic E-state index is 8.80. The Morgan fingerprint density at radius 1 is 1.50 bits per heavy atom. The van der Waals surface area contributed by atoms with Crippen LogP contribution in [0.4, 0.5) is 0 Å². The molecule has 76 valence electrons. The predicted molar refractivity (Wildman–Crippen MR) is 54.2 cm³/mol. The number of nitrogens with zero attached hydrogens (tertiary/aromatic N) is 2. The first-order valence-electron chi connectivity index (χ1n) is 4.81. The van der Waals surface area contributed by atoms with Crippen LogP contribution in [0.25, 0.3) is 0 Å². The van der Waals surface area contributed by atoms with Gasteiger partial charge in [0, 0.05) is 12.4 Å². The molecular weight excluding hydrogens is 178 g/mol. The summed E-state index contributed by atoms with van der Waals surface area (Å²) in [5.41, 5.74) is 5.40. The fraction of sp³-hybridized carbons (Fsp3) is 0.500. The molecule has 0 radical (unpaired) electrons. The van der Waals surface area contributed by atoms with E-state index in [0.29, 0.717) is 5.92 Å². The van der Waals surface area contributed by atoms with Gasteiger partial charge in [0.25, 0.3) is 0 Å². The molecule has 14 heavy (non-hydrogen) atoms. The Labute approximate surface area is 83.0 Å². The highest BCUT2D eigenvalue weighted by Crippen LogP contribution is 2.44. The molecule has 0 bridgehead atoms. The molecule has 0 saturated heterocycles. The molecule has 0 amide bonds. The molecule has 1 atom stereocenters. The molecule has 0 unspecified atom stereocenters. The van der Waals surface area contributed by atoms with Gasteiger partial charge in [-0.15, -0.1) is 0 Å². The molecule has 4 heteroatoms. The zero-order chi connectivity index (χ0) is 10.2. The van der Waals surface area contributed by atoms with Gasteiger partial charge in [-0.2, -0.15) is 0 Å². The zero-order valence-electron chi connectivity index (χ0n) is 8.22. The maximum Gasteiger partial charge on any atom is 0.165 e. The minimum absolute atomic E-state index is 0.288. The first-order valence-corrected chi connectivity index (χ1v) is 4.81. The summed E-state index contributed by atoms with van der Waals surface area (Å²) in [6.07, 6.45) is 6.20. The van der Waals surface area contributed by atoms with Gasteiger partial charge in [-0.25, -0.2) is 0 Å². The molecule has 1 heterocycles. The van der Waals surface area contributed by atoms with Crippen molar-refractivity contribution < 1.29 is 5.21 Å². The molecule has 3 N–H and O–H groups in total. The molecule has 1 saturated carbocycles. The quantitative estimate of drug-likeness (QED) is 0.329. The first-order chi connectivity index (χ1) is 6.69. The standard InChI is InChI=1S/C10H15N3O/c1-10(8-4-5-8,9(11)12-14)13-6-2-3-7-13/h2-3,6-8,14H,4-5H2,1H3,(H2,11,12)/t10-/m1/s1. The second-order valence-corrected chi connectivity index (χ2v) is 4.00. The van der Waals surface area contributed by atoms with Crippen LogP contribution in [0.1, 0.15) is 19.8 Å². The average molecular weight is 193 g/mol. The summed E-state index contributed by atoms with van der Waals surface area (Å²) in [4.78, 5) is 0. The van der Waals surface area contributed by atoms with Gasteiger partial charge in [-0.05, 0) is 37.8 Å². The van der Waals surface area contributed by atoms with E-state index < -0.39 is 0 Å². The summed E-state index contributed by atoms with van der Waals surface area (Å²) >= 11 is 0. The molecule has 0 aliphatic heterocycles. The molecular formula is C10H15N3O. The van der Waals surface area contributed by atoms with Gasteiger partial charge in [0.2, 0.25) is 0 Å². The number of nitrogens with two attached hydrogens (primary N) is 1. The van der Waals surface area contributed by atoms with Crippen LogP contribution in [-0.4, -0.2) is 15.6 Å². The highest BCUT2D eigenvalue weighted by Gasteiger charge is 2.46. The number of oxime groups is 1. The Morgan fingerprint density at radius 2 is 2.07 bits per heavy atom. The molecule has 1 aliphatic carbocycles. The molecule has 1 fully saturated rings. The van der Waals surface area contributed by atoms with Crippen molar-refractivity contribution >= 4 is 5.84 Å². The van der Waals surface area contributed by atoms with Gasteiger partial charge in [-0.1, -0.05) is 5.16 Å². The second-order valence-electron chi connectivity index (χ2n) is 4.00. The minimum atomic E-state index is -0.363. The van der Waals surface area contributed by atoms with Crippen LogP contribution in [0.15, 0.2) is 29.7 Å². The third-order valence-electron chi connectivity index (χ3n) is 3.14. The van der Waals surface area contributed by atoms with Gasteiger partial charge in [0.1, 0.15) is 5.54 Å². The molecule has 1 aromatic heterocycles. The minimum Gasteiger partial charge on any atom is -0.409 e. The third-order valence-corrected chi connectivity index (χ3v) is 3.14. The summed E-state index contributed by atoms with van der Waals surface area (Å²) in [7, 11) is 0. The summed E-state index contributed by atoms with van der Waals surface area (Å²) < 4.78 is 2.01. The summed E-state index contributed by atoms with van der Waals surface area (Å²) in [6.45, 7) is 2.01. The molecule has 1 aliphatic rings. The zero-order valence-corrected chi connectivity index (χ0v) is 8.22. The third kappa shape index (κ3) is 1.18. The van der Waals surface area contributed by atoms with Crippen molar-refractivity contribution in [2.45, 2.75) is 25.3 Å². The van der Waals surface area contributed by atoms with Gasteiger partial charge >= 0.3 is 0 Å². The van der Waals surface area contributed by atoms with Gasteiger partial charge < -0.3 is 15.5 Å². The fourth-order valence-electron chi connectivity index (χ4n) is 1.94. The Morgan fingerprint density at radius 3 is 2.50 bits per heavy atom. The number of rotatable bonds is 3. The Balaban J connectivity index is 2.40. The van der Waals surface area contributed by atoms with Crippen LogP contribution >= 0.6 is 0 Å². The van der Waals surface area contributed by atoms with Gasteiger partial charge in [0.15, 0.2) is 5.84 Å². The van der Waals surface area contributed by atoms with E-state index in [2.05, 4.69) is 5.16 Å². The normalized spacial score (nSPS) is 21.9. The Kier molecular flexibility index (Phi) is 1.98. The summed E-state index contributed by atoms with van der Waals surface area (Å²) in [5.74, 6) is 0.780. The van der Waals surface area contributed by atoms with Crippen molar-refractivity contribution in [1.82, 2.24) is 4.57 Å². The summed E-state index contributed by atoms with van der Waals surface area (Å²) in [6, 6.07) is 3.90. The van der Waals surface area contributed by atoms with Crippen LogP contribution in [-0.2, 0) is 5.54 Å². The number of amidine groups is 1. The van der Waals surface area contributed by atoms with Crippen LogP contribution in [0.3, 0.4) is 0 Å². The number of hydrogen-bond acceptors (Lipinski definition) is 2. The number of aromatic nitrogens is 1. The van der Waals surface area contributed by atoms with Crippen molar-refractivity contribution in [3.63, 3.8) is 0 Å². The lowest BCUT2D eigenvalue weighted by Crippen LogP contribution is -2.45. The van der Waals surface area contributed by atoms with E-state index in [1.165, 1.54) is 0 Å². The van der Waals surface area contributed by atoms with E-state index >= 15 is 0 Å². The van der Waals surface area contributed by atoms with Crippen molar-refractivity contribution in [2.75, 3.05) is 0 Å². The van der Waals surface area contributed by atoms with E-state index in [4.69, 9.17) is 10.9 Å². The largest absolute Gasteiger partial charge is 0.409 e. The van der Waals surface area contributed by atoms with Gasteiger partial charge in [0.05, 0.1) is 0 Å². The number of hydrogen-bond donors (Lipinski definition) is 2. The molecule has 1 aromatic rings. The summed E-state index contributed by atoms with van der Waals surface area (Å²) in [5, 5.41) is 11.9. The van der Waals surface area contributed by atoms with Crippen LogP contribution < -0.4 is 5.73 Å². The fourth-order valence-corrected chi connectivity index (χ4v) is 1.94. The predicted octanol–water partition coefficient (Wildman–Crippen LogP) is 1.36. The average Bonchev–Trinajstić information content (AvgIpc) is 2.91. The topological polar surface area (TPSA) is 63.5 Å². The van der Waals surface area contributed by atoms with Crippen molar-refractivity contribution in [1.29, 1.82) is 0 Å². The van der Waals surface area contributed by atoms with Crippen LogP contribution in [0.2, 0.25) is 0 Å². The lowest BCUT2D eigenvalue weighted by Gasteiger charge is -2.30. The molecule has 4 nitrogen and oxygen atoms in total. The lowest BCUT2D eigenvalue weighted by molar-refractivity contribution is 0.296. The first kappa shape index (κ1) is 9.12. The van der Waals surface area contributed by atoms with Gasteiger partial charge in [-0.3, -0.25) is 0 Å². The highest BCUT2D eigenvalue weighted by atomic mass is 16.4. The van der Waals surface area contributed by atoms with E-state index in [1.807, 2.05) is 36.0 Å². The SMILES string of the molecule is C[C@](C(N)=NO)(C1CC1)n1cccc1. The second kappa shape index (κ2) is 3.04. The van der Waals surface area contributed by atoms with E-state index in [1.54, 1.807) is 0 Å². The molecule has 2 rings (SSSR count). The van der Waals surface area contributed by atoms with E-state index in [-0.39, 0.29) is 11.4 Å². The van der Waals surface area contributed by atoms with E-state index in [9.17, 15) is 0 Å². The monoisotopic (exact) mass is 193 g/mol. The molecule has 0 spiro atoms. The lowest BCUT2D eigenvalue weighted by atomic mass is 9.94. The van der Waals surface area contributed by atoms with Crippen LogP contribution in [0, 0.1) is 5.92 Å². The van der Waals surface area contributed by atoms with Crippen LogP contribution in [0.5, 0.6) is 0 Å². The highest BCUT2D eigenvalue weighted by molar-refractivity contribution is 5.88.